The largest absolute Gasteiger partial charge is 1.00 e. The SMILES string of the molecule is CO.CO.CO.CO.CO.C[O-].[Li+].[Nb]. The molecule has 0 aromatic rings. The Morgan fingerprint density at radius 2 is 0.500 bits per heavy atom. The maximum atomic E-state index is 8.25. The summed E-state index contributed by atoms with van der Waals surface area (Å²) in [5.74, 6) is 0. The van der Waals surface area contributed by atoms with Crippen molar-refractivity contribution in [3.63, 3.8) is 0 Å². The van der Waals surface area contributed by atoms with E-state index >= 15 is 0 Å². The van der Waals surface area contributed by atoms with Crippen molar-refractivity contribution in [2.45, 2.75) is 0 Å². The third-order valence-electron chi connectivity index (χ3n) is 0. The summed E-state index contributed by atoms with van der Waals surface area (Å²) in [5, 5.41) is 43.2. The van der Waals surface area contributed by atoms with Crippen LogP contribution in [0.25, 0.3) is 0 Å². The van der Waals surface area contributed by atoms with Gasteiger partial charge in [0, 0.05) is 57.9 Å². The summed E-state index contributed by atoms with van der Waals surface area (Å²) in [6, 6.07) is 0. The number of rotatable bonds is 0. The molecule has 8 heteroatoms. The van der Waals surface area contributed by atoms with Gasteiger partial charge in [0.2, 0.25) is 0 Å². The van der Waals surface area contributed by atoms with Crippen LogP contribution in [0.1, 0.15) is 0 Å². The van der Waals surface area contributed by atoms with Gasteiger partial charge in [0.15, 0.2) is 0 Å². The molecular formula is C6H23LiNbO6. The summed E-state index contributed by atoms with van der Waals surface area (Å²) in [4.78, 5) is 0. The van der Waals surface area contributed by atoms with Crippen molar-refractivity contribution in [1.29, 1.82) is 0 Å². The van der Waals surface area contributed by atoms with E-state index in [9.17, 15) is 0 Å². The van der Waals surface area contributed by atoms with Crippen molar-refractivity contribution in [2.75, 3.05) is 42.7 Å². The second-order valence-corrected chi connectivity index (χ2v) is 0. The van der Waals surface area contributed by atoms with Crippen LogP contribution < -0.4 is 24.0 Å². The van der Waals surface area contributed by atoms with Crippen LogP contribution in [0.3, 0.4) is 0 Å². The third-order valence-corrected chi connectivity index (χ3v) is 0. The molecule has 0 atom stereocenters. The van der Waals surface area contributed by atoms with Crippen LogP contribution in [0, 0.1) is 0 Å². The van der Waals surface area contributed by atoms with Gasteiger partial charge in [-0.3, -0.25) is 0 Å². The summed E-state index contributed by atoms with van der Waals surface area (Å²) in [6.07, 6.45) is 0. The summed E-state index contributed by atoms with van der Waals surface area (Å²) < 4.78 is 0. The molecule has 14 heavy (non-hydrogen) atoms. The monoisotopic (exact) mass is 291 g/mol. The van der Waals surface area contributed by atoms with E-state index in [2.05, 4.69) is 0 Å². The molecular weight excluding hydrogens is 268 g/mol. The molecule has 0 bridgehead atoms. The standard InChI is InChI=1S/5CH4O.CH3O.Li.Nb/c6*1-2;;/h5*2H,1H3;1H3;;/q;;;;;-1;+1;. The fourth-order valence-corrected chi connectivity index (χ4v) is 0. The molecule has 0 aliphatic heterocycles. The Kier molecular flexibility index (Phi) is 8540. The normalized spacial score (nSPS) is 2.57. The van der Waals surface area contributed by atoms with Crippen molar-refractivity contribution in [2.24, 2.45) is 0 Å². The first-order valence-corrected chi connectivity index (χ1v) is 2.64. The number of hydrogen-bond acceptors (Lipinski definition) is 6. The quantitative estimate of drug-likeness (QED) is 0.283. The maximum absolute atomic E-state index is 8.25. The molecule has 1 radical (unpaired) electrons. The molecule has 0 spiro atoms. The first-order valence-electron chi connectivity index (χ1n) is 2.64. The Morgan fingerprint density at radius 1 is 0.500 bits per heavy atom. The minimum atomic E-state index is 0. The Morgan fingerprint density at radius 3 is 0.500 bits per heavy atom. The first-order chi connectivity index (χ1) is 6.00. The van der Waals surface area contributed by atoms with Gasteiger partial charge in [-0.2, -0.15) is 7.11 Å². The minimum absolute atomic E-state index is 0. The molecule has 0 aliphatic carbocycles. The van der Waals surface area contributed by atoms with Crippen LogP contribution >= 0.6 is 0 Å². The van der Waals surface area contributed by atoms with Gasteiger partial charge in [0.05, 0.1) is 0 Å². The van der Waals surface area contributed by atoms with Crippen LogP contribution in [0.2, 0.25) is 0 Å². The molecule has 0 aromatic heterocycles. The van der Waals surface area contributed by atoms with Crippen LogP contribution in [0.5, 0.6) is 0 Å². The number of aliphatic hydroxyl groups is 5. The van der Waals surface area contributed by atoms with E-state index in [1.54, 1.807) is 0 Å². The van der Waals surface area contributed by atoms with E-state index < -0.39 is 0 Å². The molecule has 5 N–H and O–H groups in total. The number of hydrogen-bond donors (Lipinski definition) is 5. The molecule has 0 heterocycles. The van der Waals surface area contributed by atoms with Crippen LogP contribution in [0.15, 0.2) is 0 Å². The Balaban J connectivity index is -0.00000000500. The van der Waals surface area contributed by atoms with Gasteiger partial charge < -0.3 is 30.6 Å². The van der Waals surface area contributed by atoms with Crippen molar-refractivity contribution >= 4 is 0 Å². The smallest absolute Gasteiger partial charge is 0.857 e. The molecule has 0 saturated heterocycles. The predicted molar refractivity (Wildman–Crippen MR) is 46.6 cm³/mol. The molecule has 0 amide bonds. The second kappa shape index (κ2) is 2010. The second-order valence-electron chi connectivity index (χ2n) is 0. The zero-order chi connectivity index (χ0) is 12.0. The molecule has 0 unspecified atom stereocenters. The summed E-state index contributed by atoms with van der Waals surface area (Å²) in [7, 11) is 5.75. The van der Waals surface area contributed by atoms with Crippen molar-refractivity contribution < 1.29 is 71.9 Å². The zero-order valence-electron chi connectivity index (χ0n) is 10.1. The third kappa shape index (κ3) is 1590. The van der Waals surface area contributed by atoms with Gasteiger partial charge in [-0.15, -0.1) is 0 Å². The van der Waals surface area contributed by atoms with Crippen molar-refractivity contribution in [3.8, 4) is 0 Å². The average Bonchev–Trinajstić information content (AvgIpc) is 2.33. The number of aliphatic hydroxyl groups excluding tert-OH is 5. The molecule has 89 valence electrons. The van der Waals surface area contributed by atoms with Crippen LogP contribution in [0.4, 0.5) is 0 Å². The molecule has 0 saturated carbocycles. The van der Waals surface area contributed by atoms with Crippen molar-refractivity contribution in [1.82, 2.24) is 0 Å². The Hall–Kier alpha value is 1.10. The Labute approximate surface area is 114 Å². The maximum Gasteiger partial charge on any atom is 1.00 e. The molecule has 0 rings (SSSR count). The van der Waals surface area contributed by atoms with E-state index in [1.165, 1.54) is 0 Å². The predicted octanol–water partition coefficient (Wildman–Crippen LogP) is -5.98. The minimum Gasteiger partial charge on any atom is -0.857 e. The molecule has 0 fully saturated rings. The van der Waals surface area contributed by atoms with Gasteiger partial charge in [-0.1, -0.05) is 0 Å². The van der Waals surface area contributed by atoms with E-state index in [0.29, 0.717) is 0 Å². The molecule has 0 aliphatic rings. The van der Waals surface area contributed by atoms with E-state index in [0.717, 1.165) is 42.7 Å². The molecule has 0 aromatic carbocycles. The summed E-state index contributed by atoms with van der Waals surface area (Å²) in [6.45, 7) is 0. The fourth-order valence-electron chi connectivity index (χ4n) is 0. The van der Waals surface area contributed by atoms with Gasteiger partial charge in [-0.25, -0.2) is 0 Å². The van der Waals surface area contributed by atoms with E-state index in [4.69, 9.17) is 30.6 Å². The van der Waals surface area contributed by atoms with Gasteiger partial charge >= 0.3 is 18.9 Å². The summed E-state index contributed by atoms with van der Waals surface area (Å²) >= 11 is 0. The molecule has 6 nitrogen and oxygen atoms in total. The van der Waals surface area contributed by atoms with Crippen LogP contribution in [-0.4, -0.2) is 68.2 Å². The summed E-state index contributed by atoms with van der Waals surface area (Å²) in [5.41, 5.74) is 0. The van der Waals surface area contributed by atoms with Crippen LogP contribution in [-0.2, 0) is 22.4 Å². The van der Waals surface area contributed by atoms with Gasteiger partial charge in [0.25, 0.3) is 0 Å². The average molecular weight is 291 g/mol. The van der Waals surface area contributed by atoms with Gasteiger partial charge in [-0.05, 0) is 0 Å². The van der Waals surface area contributed by atoms with E-state index in [1.807, 2.05) is 0 Å². The topological polar surface area (TPSA) is 124 Å². The zero-order valence-corrected chi connectivity index (χ0v) is 12.3. The first kappa shape index (κ1) is 59.6. The van der Waals surface area contributed by atoms with Gasteiger partial charge in [0.1, 0.15) is 0 Å². The fraction of sp³-hybridized carbons (Fsp3) is 1.00. The van der Waals surface area contributed by atoms with Crippen molar-refractivity contribution in [3.05, 3.63) is 0 Å². The Bertz CT molecular complexity index is 22.3. The van der Waals surface area contributed by atoms with E-state index in [-0.39, 0.29) is 41.2 Å².